The third kappa shape index (κ3) is 1.91. The highest BCUT2D eigenvalue weighted by molar-refractivity contribution is 6.03. The molecule has 3 rings (SSSR count). The minimum absolute atomic E-state index is 0.159. The maximum absolute atomic E-state index is 14.1. The summed E-state index contributed by atoms with van der Waals surface area (Å²) in [5, 5.41) is 13.2. The summed E-state index contributed by atoms with van der Waals surface area (Å²) in [6.07, 6.45) is 1.24. The van der Waals surface area contributed by atoms with Gasteiger partial charge in [0, 0.05) is 5.39 Å². The van der Waals surface area contributed by atoms with Crippen LogP contribution in [0.1, 0.15) is 17.3 Å². The van der Waals surface area contributed by atoms with Crippen LogP contribution in [0.2, 0.25) is 0 Å². The maximum atomic E-state index is 14.1. The first-order valence-corrected chi connectivity index (χ1v) is 5.82. The van der Waals surface area contributed by atoms with Gasteiger partial charge < -0.3 is 9.15 Å². The van der Waals surface area contributed by atoms with E-state index in [1.165, 1.54) is 18.4 Å². The Morgan fingerprint density at radius 2 is 2.35 bits per heavy atom. The molecule has 102 valence electrons. The summed E-state index contributed by atoms with van der Waals surface area (Å²) in [6.45, 7) is 1.92. The van der Waals surface area contributed by atoms with Crippen LogP contribution in [0.25, 0.3) is 22.4 Å². The van der Waals surface area contributed by atoms with Crippen molar-refractivity contribution in [3.05, 3.63) is 29.8 Å². The summed E-state index contributed by atoms with van der Waals surface area (Å²) in [6, 6.07) is 2.62. The lowest BCUT2D eigenvalue weighted by atomic mass is 10.1. The zero-order chi connectivity index (χ0) is 14.1. The molecule has 0 unspecified atom stereocenters. The average molecular weight is 276 g/mol. The third-order valence-corrected chi connectivity index (χ3v) is 2.76. The smallest absolute Gasteiger partial charge is 0.342 e. The molecule has 20 heavy (non-hydrogen) atoms. The topological polar surface area (TPSA) is 93.9 Å². The van der Waals surface area contributed by atoms with Gasteiger partial charge in [-0.2, -0.15) is 0 Å². The number of rotatable bonds is 3. The molecule has 2 aromatic heterocycles. The van der Waals surface area contributed by atoms with Crippen molar-refractivity contribution < 1.29 is 18.3 Å². The lowest BCUT2D eigenvalue weighted by Crippen LogP contribution is -2.03. The fraction of sp³-hybridized carbons (Fsp3) is 0.167. The summed E-state index contributed by atoms with van der Waals surface area (Å²) in [5.74, 6) is -0.943. The molecule has 3 aromatic rings. The van der Waals surface area contributed by atoms with E-state index in [-0.39, 0.29) is 23.6 Å². The summed E-state index contributed by atoms with van der Waals surface area (Å²) in [7, 11) is 0. The van der Waals surface area contributed by atoms with Crippen LogP contribution in [0.3, 0.4) is 0 Å². The average Bonchev–Trinajstić information content (AvgIpc) is 3.06. The fourth-order valence-corrected chi connectivity index (χ4v) is 1.87. The second-order valence-electron chi connectivity index (χ2n) is 3.95. The van der Waals surface area contributed by atoms with Crippen LogP contribution in [0, 0.1) is 5.82 Å². The van der Waals surface area contributed by atoms with Gasteiger partial charge in [-0.3, -0.25) is 0 Å². The Morgan fingerprint density at radius 1 is 1.50 bits per heavy atom. The Morgan fingerprint density at radius 3 is 3.05 bits per heavy atom. The predicted octanol–water partition coefficient (Wildman–Crippen LogP) is 1.93. The van der Waals surface area contributed by atoms with Crippen LogP contribution in [0.5, 0.6) is 0 Å². The molecule has 0 saturated carbocycles. The number of nitrogens with zero attached hydrogens (tertiary/aromatic N) is 3. The van der Waals surface area contributed by atoms with E-state index >= 15 is 0 Å². The van der Waals surface area contributed by atoms with Gasteiger partial charge in [-0.15, -0.1) is 5.10 Å². The van der Waals surface area contributed by atoms with Crippen LogP contribution in [0.15, 0.2) is 22.8 Å². The number of aromatic nitrogens is 4. The highest BCUT2D eigenvalue weighted by atomic mass is 19.1. The van der Waals surface area contributed by atoms with Gasteiger partial charge in [0.25, 0.3) is 0 Å². The van der Waals surface area contributed by atoms with Crippen LogP contribution in [-0.2, 0) is 4.74 Å². The van der Waals surface area contributed by atoms with E-state index in [1.807, 2.05) is 0 Å². The van der Waals surface area contributed by atoms with Crippen molar-refractivity contribution in [1.82, 2.24) is 20.6 Å². The Kier molecular flexibility index (Phi) is 2.90. The normalized spacial score (nSPS) is 10.9. The number of halogens is 1. The van der Waals surface area contributed by atoms with E-state index < -0.39 is 11.8 Å². The molecule has 0 aliphatic rings. The Bertz CT molecular complexity index is 766. The number of hydrogen-bond donors (Lipinski definition) is 1. The molecule has 1 aromatic carbocycles. The summed E-state index contributed by atoms with van der Waals surface area (Å²) < 4.78 is 24.2. The van der Waals surface area contributed by atoms with Crippen molar-refractivity contribution in [2.75, 3.05) is 6.61 Å². The summed E-state index contributed by atoms with van der Waals surface area (Å²) >= 11 is 0. The summed E-state index contributed by atoms with van der Waals surface area (Å²) in [4.78, 5) is 11.7. The molecule has 2 heterocycles. The molecule has 0 saturated heterocycles. The molecule has 0 fully saturated rings. The van der Waals surface area contributed by atoms with Gasteiger partial charge in [-0.05, 0) is 29.5 Å². The molecule has 0 amide bonds. The van der Waals surface area contributed by atoms with Crippen molar-refractivity contribution >= 4 is 16.9 Å². The van der Waals surface area contributed by atoms with Crippen LogP contribution in [-0.4, -0.2) is 33.2 Å². The number of ether oxygens (including phenoxy) is 1. The van der Waals surface area contributed by atoms with Crippen molar-refractivity contribution in [3.63, 3.8) is 0 Å². The molecule has 0 atom stereocenters. The first kappa shape index (κ1) is 12.3. The number of fused-ring (bicyclic) bond motifs is 1. The van der Waals surface area contributed by atoms with Crippen molar-refractivity contribution in [1.29, 1.82) is 0 Å². The molecule has 7 nitrogen and oxygen atoms in total. The Hall–Kier alpha value is -2.77. The molecular weight excluding hydrogens is 267 g/mol. The number of H-pyrrole nitrogens is 1. The number of carbonyl (C=O) groups is 1. The van der Waals surface area contributed by atoms with E-state index in [9.17, 15) is 9.18 Å². The van der Waals surface area contributed by atoms with Gasteiger partial charge in [0.2, 0.25) is 0 Å². The first-order chi connectivity index (χ1) is 9.70. The van der Waals surface area contributed by atoms with Crippen LogP contribution < -0.4 is 0 Å². The third-order valence-electron chi connectivity index (χ3n) is 2.76. The van der Waals surface area contributed by atoms with Crippen molar-refractivity contribution in [3.8, 4) is 11.4 Å². The molecule has 0 aliphatic carbocycles. The first-order valence-electron chi connectivity index (χ1n) is 5.82. The second kappa shape index (κ2) is 4.72. The fourth-order valence-electron chi connectivity index (χ4n) is 1.87. The van der Waals surface area contributed by atoms with Crippen molar-refractivity contribution in [2.45, 2.75) is 6.92 Å². The van der Waals surface area contributed by atoms with Gasteiger partial charge >= 0.3 is 5.97 Å². The van der Waals surface area contributed by atoms with Gasteiger partial charge in [0.1, 0.15) is 23.2 Å². The molecule has 1 N–H and O–H groups in total. The molecule has 0 radical (unpaired) electrons. The number of carbonyl (C=O) groups excluding carboxylic acids is 1. The van der Waals surface area contributed by atoms with E-state index in [1.54, 1.807) is 6.92 Å². The second-order valence-corrected chi connectivity index (χ2v) is 3.95. The lowest BCUT2D eigenvalue weighted by molar-refractivity contribution is 0.0527. The number of benzene rings is 1. The van der Waals surface area contributed by atoms with Gasteiger partial charge in [0.15, 0.2) is 5.82 Å². The molecular formula is C12H9FN4O3. The Balaban J connectivity index is 2.13. The highest BCUT2D eigenvalue weighted by Crippen LogP contribution is 2.28. The monoisotopic (exact) mass is 276 g/mol. The lowest BCUT2D eigenvalue weighted by Gasteiger charge is -2.01. The van der Waals surface area contributed by atoms with E-state index in [4.69, 9.17) is 9.15 Å². The van der Waals surface area contributed by atoms with E-state index in [0.29, 0.717) is 11.0 Å². The number of tetrazole rings is 1. The quantitative estimate of drug-likeness (QED) is 0.734. The predicted molar refractivity (Wildman–Crippen MR) is 65.3 cm³/mol. The highest BCUT2D eigenvalue weighted by Gasteiger charge is 2.19. The van der Waals surface area contributed by atoms with Gasteiger partial charge in [-0.25, -0.2) is 14.3 Å². The Labute approximate surface area is 111 Å². The molecule has 0 bridgehead atoms. The minimum atomic E-state index is -0.567. The molecule has 0 spiro atoms. The van der Waals surface area contributed by atoms with Crippen molar-refractivity contribution in [2.24, 2.45) is 0 Å². The standard InChI is InChI=1S/C12H9FN4O3/c1-2-19-12(18)8-5-20-10-4-7(9(13)3-6(8)10)11-14-16-17-15-11/h3-5H,2H2,1H3,(H,14,15,16,17). The number of aromatic amines is 1. The maximum Gasteiger partial charge on any atom is 0.342 e. The van der Waals surface area contributed by atoms with Gasteiger partial charge in [-0.1, -0.05) is 0 Å². The SMILES string of the molecule is CCOC(=O)c1coc2cc(-c3nnn[nH]3)c(F)cc12. The largest absolute Gasteiger partial charge is 0.463 e. The van der Waals surface area contributed by atoms with Crippen LogP contribution in [0.4, 0.5) is 4.39 Å². The zero-order valence-electron chi connectivity index (χ0n) is 10.4. The number of esters is 1. The number of hydrogen-bond acceptors (Lipinski definition) is 6. The van der Waals surface area contributed by atoms with Gasteiger partial charge in [0.05, 0.1) is 12.2 Å². The number of furan rings is 1. The van der Waals surface area contributed by atoms with E-state index in [2.05, 4.69) is 20.6 Å². The minimum Gasteiger partial charge on any atom is -0.463 e. The molecule has 0 aliphatic heterocycles. The number of nitrogens with one attached hydrogen (secondary N) is 1. The zero-order valence-corrected chi connectivity index (χ0v) is 10.4. The van der Waals surface area contributed by atoms with E-state index in [0.717, 1.165) is 0 Å². The summed E-state index contributed by atoms with van der Waals surface area (Å²) in [5.41, 5.74) is 0.691. The van der Waals surface area contributed by atoms with Crippen LogP contribution >= 0.6 is 0 Å². The molecule has 8 heteroatoms.